The van der Waals surface area contributed by atoms with Gasteiger partial charge in [-0.3, -0.25) is 15.0 Å². The van der Waals surface area contributed by atoms with Crippen molar-refractivity contribution >= 4 is 23.6 Å². The maximum absolute atomic E-state index is 15.2. The first kappa shape index (κ1) is 29.3. The highest BCUT2D eigenvalue weighted by Gasteiger charge is 2.48. The summed E-state index contributed by atoms with van der Waals surface area (Å²) in [6, 6.07) is 7.17. The highest BCUT2D eigenvalue weighted by molar-refractivity contribution is 7.99. The van der Waals surface area contributed by atoms with Crippen molar-refractivity contribution in [2.45, 2.75) is 64.7 Å². The number of carbonyl (C=O) groups is 2. The molecule has 0 heterocycles. The molecule has 1 atom stereocenters. The Labute approximate surface area is 200 Å². The van der Waals surface area contributed by atoms with Gasteiger partial charge in [0.1, 0.15) is 0 Å². The molecule has 1 rings (SSSR count). The molecular formula is C24H38F2N2O4S. The molecule has 0 aliphatic rings. The molecule has 1 amide bonds. The summed E-state index contributed by atoms with van der Waals surface area (Å²) in [5.74, 6) is -3.13. The average Bonchev–Trinajstić information content (AvgIpc) is 2.76. The summed E-state index contributed by atoms with van der Waals surface area (Å²) in [6.07, 6.45) is 0.0967. The van der Waals surface area contributed by atoms with Gasteiger partial charge in [0, 0.05) is 36.8 Å². The quantitative estimate of drug-likeness (QED) is 0.197. The van der Waals surface area contributed by atoms with E-state index < -0.39 is 29.1 Å². The van der Waals surface area contributed by atoms with E-state index in [0.29, 0.717) is 24.3 Å². The van der Waals surface area contributed by atoms with Crippen molar-refractivity contribution in [1.82, 2.24) is 10.9 Å². The molecule has 0 bridgehead atoms. The van der Waals surface area contributed by atoms with Crippen molar-refractivity contribution in [3.05, 3.63) is 35.4 Å². The number of rotatable bonds is 15. The molecule has 9 heteroatoms. The number of aliphatic hydroxyl groups is 1. The molecule has 33 heavy (non-hydrogen) atoms. The molecular weight excluding hydrogens is 450 g/mol. The van der Waals surface area contributed by atoms with Crippen LogP contribution in [-0.4, -0.2) is 54.7 Å². The predicted molar refractivity (Wildman–Crippen MR) is 128 cm³/mol. The Morgan fingerprint density at radius 2 is 1.88 bits per heavy atom. The topological polar surface area (TPSA) is 87.7 Å². The second kappa shape index (κ2) is 13.2. The van der Waals surface area contributed by atoms with Crippen molar-refractivity contribution in [3.8, 4) is 0 Å². The lowest BCUT2D eigenvalue weighted by molar-refractivity contribution is -0.143. The predicted octanol–water partition coefficient (Wildman–Crippen LogP) is 3.86. The lowest BCUT2D eigenvalue weighted by atomic mass is 9.74. The Morgan fingerprint density at radius 3 is 2.48 bits per heavy atom. The summed E-state index contributed by atoms with van der Waals surface area (Å²) >= 11 is 1.29. The fourth-order valence-electron chi connectivity index (χ4n) is 3.43. The lowest BCUT2D eigenvalue weighted by Gasteiger charge is -2.37. The first-order chi connectivity index (χ1) is 15.4. The fraction of sp³-hybridized carbons (Fsp3) is 0.667. The number of amides is 1. The van der Waals surface area contributed by atoms with E-state index in [9.17, 15) is 9.59 Å². The first-order valence-corrected chi connectivity index (χ1v) is 12.4. The Balaban J connectivity index is 3.10. The van der Waals surface area contributed by atoms with Crippen LogP contribution in [0, 0.1) is 5.41 Å². The van der Waals surface area contributed by atoms with E-state index >= 15 is 8.78 Å². The number of thioether (sulfide) groups is 1. The molecule has 188 valence electrons. The number of carbonyl (C=O) groups excluding carboxylic acids is 2. The third-order valence-electron chi connectivity index (χ3n) is 5.85. The maximum Gasteiger partial charge on any atom is 0.306 e. The fourth-order valence-corrected chi connectivity index (χ4v) is 4.43. The molecule has 0 saturated carbocycles. The van der Waals surface area contributed by atoms with Gasteiger partial charge in [0.15, 0.2) is 0 Å². The van der Waals surface area contributed by atoms with Crippen LogP contribution in [0.15, 0.2) is 24.3 Å². The summed E-state index contributed by atoms with van der Waals surface area (Å²) in [5.41, 5.74) is 4.08. The summed E-state index contributed by atoms with van der Waals surface area (Å²) in [5, 5.41) is 8.95. The van der Waals surface area contributed by atoms with E-state index in [0.717, 1.165) is 5.56 Å². The minimum atomic E-state index is -3.02. The summed E-state index contributed by atoms with van der Waals surface area (Å²) < 4.78 is 35.4. The average molecular weight is 489 g/mol. The van der Waals surface area contributed by atoms with Crippen molar-refractivity contribution in [2.75, 3.05) is 31.8 Å². The van der Waals surface area contributed by atoms with Gasteiger partial charge in [0.2, 0.25) is 5.91 Å². The standard InChI is InChI=1S/C24H38F2N2O4S/c1-6-32-20(30)11-10-18-8-7-9-19(16-18)23(4,21(31)28-27-5)12-13-24(25,26)22(2,3)17-33-15-14-29/h7-9,16,27,29H,6,10-15,17H2,1-5H3,(H,28,31). The number of alkyl halides is 2. The molecule has 6 nitrogen and oxygen atoms in total. The lowest BCUT2D eigenvalue weighted by Crippen LogP contribution is -2.48. The van der Waals surface area contributed by atoms with Crippen LogP contribution in [-0.2, 0) is 26.2 Å². The summed E-state index contributed by atoms with van der Waals surface area (Å²) in [6.45, 7) is 6.68. The Morgan fingerprint density at radius 1 is 1.18 bits per heavy atom. The van der Waals surface area contributed by atoms with Gasteiger partial charge < -0.3 is 9.84 Å². The molecule has 0 fully saturated rings. The largest absolute Gasteiger partial charge is 0.466 e. The zero-order valence-electron chi connectivity index (χ0n) is 20.3. The zero-order chi connectivity index (χ0) is 25.1. The van der Waals surface area contributed by atoms with E-state index in [-0.39, 0.29) is 31.2 Å². The van der Waals surface area contributed by atoms with Crippen molar-refractivity contribution < 1.29 is 28.2 Å². The third kappa shape index (κ3) is 8.54. The van der Waals surface area contributed by atoms with Crippen LogP contribution in [0.2, 0.25) is 0 Å². The first-order valence-electron chi connectivity index (χ1n) is 11.2. The molecule has 0 radical (unpaired) electrons. The molecule has 1 aromatic carbocycles. The van der Waals surface area contributed by atoms with Gasteiger partial charge in [-0.2, -0.15) is 11.8 Å². The van der Waals surface area contributed by atoms with Gasteiger partial charge in [-0.15, -0.1) is 0 Å². The van der Waals surface area contributed by atoms with E-state index in [4.69, 9.17) is 9.84 Å². The van der Waals surface area contributed by atoms with E-state index in [1.165, 1.54) is 25.6 Å². The van der Waals surface area contributed by atoms with Crippen LogP contribution >= 0.6 is 11.8 Å². The van der Waals surface area contributed by atoms with Crippen molar-refractivity contribution in [3.63, 3.8) is 0 Å². The van der Waals surface area contributed by atoms with Crippen LogP contribution in [0.1, 0.15) is 58.1 Å². The van der Waals surface area contributed by atoms with Gasteiger partial charge in [-0.1, -0.05) is 38.1 Å². The molecule has 3 N–H and O–H groups in total. The van der Waals surface area contributed by atoms with Crippen LogP contribution in [0.4, 0.5) is 8.78 Å². The SMILES string of the molecule is CCOC(=O)CCc1cccc(C(C)(CCC(F)(F)C(C)(C)CSCCO)C(=O)NNC)c1. The zero-order valence-corrected chi connectivity index (χ0v) is 21.1. The van der Waals surface area contributed by atoms with Crippen LogP contribution in [0.3, 0.4) is 0 Å². The van der Waals surface area contributed by atoms with Gasteiger partial charge in [0.25, 0.3) is 5.92 Å². The number of halogens is 2. The van der Waals surface area contributed by atoms with E-state index in [1.807, 2.05) is 6.07 Å². The van der Waals surface area contributed by atoms with Crippen molar-refractivity contribution in [1.29, 1.82) is 0 Å². The van der Waals surface area contributed by atoms with Crippen LogP contribution in [0.5, 0.6) is 0 Å². The minimum Gasteiger partial charge on any atom is -0.466 e. The van der Waals surface area contributed by atoms with Gasteiger partial charge in [-0.05, 0) is 37.8 Å². The van der Waals surface area contributed by atoms with Gasteiger partial charge >= 0.3 is 5.97 Å². The maximum atomic E-state index is 15.2. The monoisotopic (exact) mass is 488 g/mol. The molecule has 0 saturated heterocycles. The molecule has 0 spiro atoms. The van der Waals surface area contributed by atoms with Gasteiger partial charge in [0.05, 0.1) is 18.6 Å². The number of ether oxygens (including phenoxy) is 1. The number of nitrogens with one attached hydrogen (secondary N) is 2. The normalized spacial score (nSPS) is 13.9. The number of aliphatic hydroxyl groups excluding tert-OH is 1. The Hall–Kier alpha value is -1.71. The molecule has 1 unspecified atom stereocenters. The highest BCUT2D eigenvalue weighted by Crippen LogP contribution is 2.44. The Kier molecular flexibility index (Phi) is 11.8. The van der Waals surface area contributed by atoms with Crippen LogP contribution in [0.25, 0.3) is 0 Å². The number of hydrogen-bond donors (Lipinski definition) is 3. The number of hydrazine groups is 1. The molecule has 0 aromatic heterocycles. The number of esters is 1. The third-order valence-corrected chi connectivity index (χ3v) is 7.25. The molecule has 0 aliphatic heterocycles. The molecule has 1 aromatic rings. The Bertz CT molecular complexity index is 777. The minimum absolute atomic E-state index is 0.0545. The van der Waals surface area contributed by atoms with Gasteiger partial charge in [-0.25, -0.2) is 14.2 Å². The summed E-state index contributed by atoms with van der Waals surface area (Å²) in [4.78, 5) is 24.7. The number of aryl methyl sites for hydroxylation is 1. The van der Waals surface area contributed by atoms with E-state index in [2.05, 4.69) is 10.9 Å². The second-order valence-corrected chi connectivity index (χ2v) is 10.0. The molecule has 0 aliphatic carbocycles. The van der Waals surface area contributed by atoms with E-state index in [1.54, 1.807) is 39.1 Å². The highest BCUT2D eigenvalue weighted by atomic mass is 32.2. The van der Waals surface area contributed by atoms with Crippen molar-refractivity contribution in [2.24, 2.45) is 5.41 Å². The number of hydrogen-bond acceptors (Lipinski definition) is 6. The second-order valence-electron chi connectivity index (χ2n) is 8.91. The summed E-state index contributed by atoms with van der Waals surface area (Å²) in [7, 11) is 1.55. The van der Waals surface area contributed by atoms with Crippen LogP contribution < -0.4 is 10.9 Å². The number of benzene rings is 1. The smallest absolute Gasteiger partial charge is 0.306 e.